The first kappa shape index (κ1) is 19.6. The highest BCUT2D eigenvalue weighted by Gasteiger charge is 2.19. The number of methoxy groups -OCH3 is 3. The number of anilines is 1. The molecule has 0 aliphatic heterocycles. The fourth-order valence-electron chi connectivity index (χ4n) is 2.13. The van der Waals surface area contributed by atoms with Crippen molar-refractivity contribution in [1.29, 1.82) is 0 Å². The molecule has 6 nitrogen and oxygen atoms in total. The Morgan fingerprint density at radius 2 is 1.65 bits per heavy atom. The first-order valence-corrected chi connectivity index (χ1v) is 8.49. The molecule has 0 aliphatic rings. The quantitative estimate of drug-likeness (QED) is 0.587. The van der Waals surface area contributed by atoms with E-state index in [-0.39, 0.29) is 28.7 Å². The molecule has 138 valence electrons. The zero-order chi connectivity index (χ0) is 19.1. The molecule has 0 aliphatic carbocycles. The van der Waals surface area contributed by atoms with Gasteiger partial charge in [0.05, 0.1) is 38.3 Å². The van der Waals surface area contributed by atoms with Gasteiger partial charge in [0.2, 0.25) is 5.91 Å². The number of thioether (sulfide) groups is 1. The van der Waals surface area contributed by atoms with Crippen LogP contribution in [0.3, 0.4) is 0 Å². The first-order valence-electron chi connectivity index (χ1n) is 7.51. The lowest BCUT2D eigenvalue weighted by Gasteiger charge is -2.14. The maximum atomic E-state index is 12.9. The van der Waals surface area contributed by atoms with Crippen molar-refractivity contribution in [2.24, 2.45) is 0 Å². The van der Waals surface area contributed by atoms with E-state index in [0.29, 0.717) is 11.5 Å². The molecule has 26 heavy (non-hydrogen) atoms. The van der Waals surface area contributed by atoms with Crippen LogP contribution in [0, 0.1) is 5.82 Å². The maximum absolute atomic E-state index is 12.9. The van der Waals surface area contributed by atoms with Crippen molar-refractivity contribution in [3.63, 3.8) is 0 Å². The third kappa shape index (κ3) is 4.89. The van der Waals surface area contributed by atoms with E-state index < -0.39 is 5.97 Å². The van der Waals surface area contributed by atoms with Gasteiger partial charge in [-0.3, -0.25) is 4.79 Å². The van der Waals surface area contributed by atoms with Crippen LogP contribution in [0.4, 0.5) is 10.1 Å². The van der Waals surface area contributed by atoms with Crippen LogP contribution in [-0.2, 0) is 9.53 Å². The average molecular weight is 379 g/mol. The van der Waals surface area contributed by atoms with Crippen LogP contribution in [0.25, 0.3) is 0 Å². The molecule has 0 fully saturated rings. The summed E-state index contributed by atoms with van der Waals surface area (Å²) in [6.45, 7) is 0. The van der Waals surface area contributed by atoms with E-state index in [2.05, 4.69) is 5.32 Å². The molecule has 0 unspecified atom stereocenters. The number of amides is 1. The SMILES string of the molecule is COC(=O)c1cc(OC)c(OC)cc1NC(=O)CSc1ccc(F)cc1. The normalized spacial score (nSPS) is 10.2. The van der Waals surface area contributed by atoms with Crippen molar-refractivity contribution in [1.82, 2.24) is 0 Å². The summed E-state index contributed by atoms with van der Waals surface area (Å²) < 4.78 is 28.0. The Kier molecular flexibility index (Phi) is 6.85. The molecule has 0 radical (unpaired) electrons. The zero-order valence-electron chi connectivity index (χ0n) is 14.5. The fourth-order valence-corrected chi connectivity index (χ4v) is 2.83. The number of nitrogens with one attached hydrogen (secondary N) is 1. The lowest BCUT2D eigenvalue weighted by Crippen LogP contribution is -2.17. The van der Waals surface area contributed by atoms with Crippen molar-refractivity contribution in [3.05, 3.63) is 47.8 Å². The first-order chi connectivity index (χ1) is 12.5. The molecular weight excluding hydrogens is 361 g/mol. The van der Waals surface area contributed by atoms with Gasteiger partial charge >= 0.3 is 5.97 Å². The van der Waals surface area contributed by atoms with Crippen LogP contribution >= 0.6 is 11.8 Å². The van der Waals surface area contributed by atoms with Crippen molar-refractivity contribution in [3.8, 4) is 11.5 Å². The molecule has 8 heteroatoms. The molecule has 2 aromatic carbocycles. The maximum Gasteiger partial charge on any atom is 0.340 e. The average Bonchev–Trinajstić information content (AvgIpc) is 2.66. The van der Waals surface area contributed by atoms with Gasteiger partial charge in [0.1, 0.15) is 5.82 Å². The van der Waals surface area contributed by atoms with E-state index in [1.165, 1.54) is 57.4 Å². The molecule has 2 rings (SSSR count). The molecule has 2 aromatic rings. The number of hydrogen-bond donors (Lipinski definition) is 1. The van der Waals surface area contributed by atoms with Gasteiger partial charge in [-0.1, -0.05) is 0 Å². The smallest absolute Gasteiger partial charge is 0.340 e. The summed E-state index contributed by atoms with van der Waals surface area (Å²) >= 11 is 1.24. The second-order valence-corrected chi connectivity index (χ2v) is 6.08. The number of esters is 1. The molecule has 1 amide bonds. The topological polar surface area (TPSA) is 73.9 Å². The number of ether oxygens (including phenoxy) is 3. The zero-order valence-corrected chi connectivity index (χ0v) is 15.3. The van der Waals surface area contributed by atoms with Crippen LogP contribution in [0.5, 0.6) is 11.5 Å². The summed E-state index contributed by atoms with van der Waals surface area (Å²) in [5.41, 5.74) is 0.393. The molecule has 1 N–H and O–H groups in total. The van der Waals surface area contributed by atoms with Crippen molar-refractivity contribution in [2.45, 2.75) is 4.90 Å². The molecule has 0 saturated carbocycles. The summed E-state index contributed by atoms with van der Waals surface area (Å²) in [4.78, 5) is 25.0. The van der Waals surface area contributed by atoms with Gasteiger partial charge in [0.25, 0.3) is 0 Å². The second-order valence-electron chi connectivity index (χ2n) is 5.04. The van der Waals surface area contributed by atoms with E-state index in [1.807, 2.05) is 0 Å². The molecule has 0 bridgehead atoms. The summed E-state index contributed by atoms with van der Waals surface area (Å²) in [6.07, 6.45) is 0. The van der Waals surface area contributed by atoms with Crippen molar-refractivity contribution in [2.75, 3.05) is 32.4 Å². The van der Waals surface area contributed by atoms with Gasteiger partial charge in [-0.15, -0.1) is 11.8 Å². The Hall–Kier alpha value is -2.74. The van der Waals surface area contributed by atoms with Gasteiger partial charge in [-0.2, -0.15) is 0 Å². The molecule has 0 spiro atoms. The van der Waals surface area contributed by atoms with E-state index >= 15 is 0 Å². The number of carbonyl (C=O) groups is 2. The molecule has 0 atom stereocenters. The van der Waals surface area contributed by atoms with E-state index in [0.717, 1.165) is 4.90 Å². The summed E-state index contributed by atoms with van der Waals surface area (Å²) in [6, 6.07) is 8.75. The predicted molar refractivity (Wildman–Crippen MR) is 96.6 cm³/mol. The van der Waals surface area contributed by atoms with E-state index in [1.54, 1.807) is 12.1 Å². The van der Waals surface area contributed by atoms with E-state index in [4.69, 9.17) is 14.2 Å². The predicted octanol–water partition coefficient (Wildman–Crippen LogP) is 3.36. The van der Waals surface area contributed by atoms with Crippen molar-refractivity contribution < 1.29 is 28.2 Å². The molecule has 0 saturated heterocycles. The minimum absolute atomic E-state index is 0.0839. The number of halogens is 1. The van der Waals surface area contributed by atoms with Gasteiger partial charge in [-0.05, 0) is 24.3 Å². The Labute approximate surface area is 154 Å². The Bertz CT molecular complexity index is 795. The van der Waals surface area contributed by atoms with Crippen molar-refractivity contribution >= 4 is 29.3 Å². The molecular formula is C18H18FNO5S. The van der Waals surface area contributed by atoms with E-state index in [9.17, 15) is 14.0 Å². The Morgan fingerprint density at radius 3 is 2.23 bits per heavy atom. The Morgan fingerprint density at radius 1 is 1.04 bits per heavy atom. The highest BCUT2D eigenvalue weighted by Crippen LogP contribution is 2.34. The van der Waals surface area contributed by atoms with Gasteiger partial charge in [0.15, 0.2) is 11.5 Å². The van der Waals surface area contributed by atoms with Gasteiger partial charge in [-0.25, -0.2) is 9.18 Å². The van der Waals surface area contributed by atoms with Crippen LogP contribution in [-0.4, -0.2) is 39.0 Å². The lowest BCUT2D eigenvalue weighted by atomic mass is 10.1. The number of carbonyl (C=O) groups excluding carboxylic acids is 2. The summed E-state index contributed by atoms with van der Waals surface area (Å²) in [7, 11) is 4.14. The van der Waals surface area contributed by atoms with Crippen LogP contribution in [0.2, 0.25) is 0 Å². The summed E-state index contributed by atoms with van der Waals surface area (Å²) in [5.74, 6) is -0.509. The van der Waals surface area contributed by atoms with Crippen LogP contribution < -0.4 is 14.8 Å². The monoisotopic (exact) mass is 379 g/mol. The minimum atomic E-state index is -0.618. The second kappa shape index (κ2) is 9.10. The molecule has 0 aromatic heterocycles. The van der Waals surface area contributed by atoms with Gasteiger partial charge < -0.3 is 19.5 Å². The summed E-state index contributed by atoms with van der Waals surface area (Å²) in [5, 5.41) is 2.66. The van der Waals surface area contributed by atoms with Gasteiger partial charge in [0, 0.05) is 17.0 Å². The number of benzene rings is 2. The lowest BCUT2D eigenvalue weighted by molar-refractivity contribution is -0.113. The standard InChI is InChI=1S/C18H18FNO5S/c1-23-15-8-13(18(22)25-3)14(9-16(15)24-2)20-17(21)10-26-12-6-4-11(19)5-7-12/h4-9H,10H2,1-3H3,(H,20,21). The number of rotatable bonds is 7. The largest absolute Gasteiger partial charge is 0.493 e. The minimum Gasteiger partial charge on any atom is -0.493 e. The van der Waals surface area contributed by atoms with Crippen LogP contribution in [0.1, 0.15) is 10.4 Å². The third-order valence-corrected chi connectivity index (χ3v) is 4.40. The third-order valence-electron chi connectivity index (χ3n) is 3.39. The highest BCUT2D eigenvalue weighted by atomic mass is 32.2. The Balaban J connectivity index is 2.16. The highest BCUT2D eigenvalue weighted by molar-refractivity contribution is 8.00. The fraction of sp³-hybridized carbons (Fsp3) is 0.222. The number of hydrogen-bond acceptors (Lipinski definition) is 6. The molecule has 0 heterocycles. The van der Waals surface area contributed by atoms with Crippen LogP contribution in [0.15, 0.2) is 41.3 Å².